The summed E-state index contributed by atoms with van der Waals surface area (Å²) < 4.78 is 10.9. The number of esters is 1. The van der Waals surface area contributed by atoms with Gasteiger partial charge in [-0.25, -0.2) is 0 Å². The van der Waals surface area contributed by atoms with E-state index in [1.165, 1.54) is 12.7 Å². The molecule has 0 aliphatic carbocycles. The Hall–Kier alpha value is -1.07. The van der Waals surface area contributed by atoms with Crippen LogP contribution >= 0.6 is 15.9 Å². The minimum Gasteiger partial charge on any atom is -0.492 e. The molecule has 0 aliphatic heterocycles. The quantitative estimate of drug-likeness (QED) is 0.818. The molecule has 0 saturated heterocycles. The fourth-order valence-electron chi connectivity index (χ4n) is 1.32. The highest BCUT2D eigenvalue weighted by molar-refractivity contribution is 9.10. The fourth-order valence-corrected chi connectivity index (χ4v) is 1.86. The van der Waals surface area contributed by atoms with E-state index in [2.05, 4.69) is 26.0 Å². The molecule has 5 heteroatoms. The van der Waals surface area contributed by atoms with Crippen molar-refractivity contribution in [2.75, 3.05) is 20.8 Å². The first-order chi connectivity index (χ1) is 8.17. The number of nitrogens with one attached hydrogen (secondary N) is 1. The Morgan fingerprint density at radius 2 is 2.24 bits per heavy atom. The van der Waals surface area contributed by atoms with Gasteiger partial charge in [0.25, 0.3) is 0 Å². The van der Waals surface area contributed by atoms with Gasteiger partial charge in [-0.05, 0) is 40.7 Å². The van der Waals surface area contributed by atoms with Crippen molar-refractivity contribution in [3.8, 4) is 5.75 Å². The van der Waals surface area contributed by atoms with E-state index in [0.29, 0.717) is 6.61 Å². The lowest BCUT2D eigenvalue weighted by Crippen LogP contribution is -2.08. The third-order valence-corrected chi connectivity index (χ3v) is 2.79. The Balaban J connectivity index is 2.51. The Morgan fingerprint density at radius 1 is 1.47 bits per heavy atom. The van der Waals surface area contributed by atoms with Crippen molar-refractivity contribution in [3.63, 3.8) is 0 Å². The summed E-state index contributed by atoms with van der Waals surface area (Å²) in [6.07, 6.45) is 0.251. The molecule has 0 atom stereocenters. The summed E-state index contributed by atoms with van der Waals surface area (Å²) in [5, 5.41) is 3.07. The van der Waals surface area contributed by atoms with Gasteiger partial charge in [0.1, 0.15) is 5.75 Å². The first kappa shape index (κ1) is 14.0. The van der Waals surface area contributed by atoms with E-state index in [1.54, 1.807) is 0 Å². The van der Waals surface area contributed by atoms with Crippen molar-refractivity contribution in [2.45, 2.75) is 13.0 Å². The molecule has 0 aromatic heterocycles. The van der Waals surface area contributed by atoms with Crippen LogP contribution in [-0.4, -0.2) is 26.7 Å². The van der Waals surface area contributed by atoms with Crippen molar-refractivity contribution in [1.82, 2.24) is 5.32 Å². The lowest BCUT2D eigenvalue weighted by molar-refractivity contribution is -0.141. The molecule has 0 spiro atoms. The molecule has 0 saturated carbocycles. The van der Waals surface area contributed by atoms with Crippen LogP contribution in [0.1, 0.15) is 12.0 Å². The molecule has 0 amide bonds. The maximum atomic E-state index is 10.9. The van der Waals surface area contributed by atoms with Gasteiger partial charge in [-0.1, -0.05) is 6.07 Å². The summed E-state index contributed by atoms with van der Waals surface area (Å²) in [6.45, 7) is 1.12. The molecular weight excluding hydrogens is 286 g/mol. The van der Waals surface area contributed by atoms with Crippen molar-refractivity contribution < 1.29 is 14.3 Å². The summed E-state index contributed by atoms with van der Waals surface area (Å²) in [6, 6.07) is 5.85. The normalized spacial score (nSPS) is 10.1. The molecule has 0 aliphatic rings. The third-order valence-electron chi connectivity index (χ3n) is 2.17. The van der Waals surface area contributed by atoms with Crippen LogP contribution in [0, 0.1) is 0 Å². The monoisotopic (exact) mass is 301 g/mol. The molecule has 0 radical (unpaired) electrons. The number of methoxy groups -OCH3 is 1. The van der Waals surface area contributed by atoms with Gasteiger partial charge in [-0.2, -0.15) is 0 Å². The smallest absolute Gasteiger partial charge is 0.308 e. The molecule has 94 valence electrons. The van der Waals surface area contributed by atoms with E-state index in [9.17, 15) is 4.79 Å². The number of hydrogen-bond donors (Lipinski definition) is 1. The maximum Gasteiger partial charge on any atom is 0.308 e. The predicted octanol–water partition coefficient (Wildman–Crippen LogP) is 2.11. The van der Waals surface area contributed by atoms with Gasteiger partial charge in [-0.3, -0.25) is 4.79 Å². The Bertz CT molecular complexity index is 382. The van der Waals surface area contributed by atoms with E-state index < -0.39 is 0 Å². The summed E-state index contributed by atoms with van der Waals surface area (Å²) in [5.41, 5.74) is 1.17. The number of ether oxygens (including phenoxy) is 2. The van der Waals surface area contributed by atoms with Crippen LogP contribution in [0.25, 0.3) is 0 Å². The molecule has 0 unspecified atom stereocenters. The highest BCUT2D eigenvalue weighted by Gasteiger charge is 2.04. The van der Waals surface area contributed by atoms with Crippen molar-refractivity contribution in [3.05, 3.63) is 28.2 Å². The average Bonchev–Trinajstić information content (AvgIpc) is 2.32. The third kappa shape index (κ3) is 4.75. The number of rotatable bonds is 6. The standard InChI is InChI=1S/C12H16BrNO3/c1-14-8-9-3-4-11(10(13)7-9)17-6-5-12(15)16-2/h3-4,7,14H,5-6,8H2,1-2H3. The molecule has 1 rings (SSSR count). The van der Waals surface area contributed by atoms with Gasteiger partial charge in [0, 0.05) is 6.54 Å². The van der Waals surface area contributed by atoms with Crippen molar-refractivity contribution in [1.29, 1.82) is 0 Å². The topological polar surface area (TPSA) is 47.6 Å². The van der Waals surface area contributed by atoms with Crippen LogP contribution in [0.5, 0.6) is 5.75 Å². The number of benzene rings is 1. The van der Waals surface area contributed by atoms with Crippen LogP contribution in [0.15, 0.2) is 22.7 Å². The minimum atomic E-state index is -0.270. The number of hydrogen-bond acceptors (Lipinski definition) is 4. The first-order valence-corrected chi connectivity index (χ1v) is 6.09. The van der Waals surface area contributed by atoms with Crippen LogP contribution in [0.4, 0.5) is 0 Å². The molecule has 4 nitrogen and oxygen atoms in total. The zero-order valence-corrected chi connectivity index (χ0v) is 11.5. The van der Waals surface area contributed by atoms with Crippen LogP contribution < -0.4 is 10.1 Å². The van der Waals surface area contributed by atoms with E-state index >= 15 is 0 Å². The molecule has 1 N–H and O–H groups in total. The maximum absolute atomic E-state index is 10.9. The fraction of sp³-hybridized carbons (Fsp3) is 0.417. The molecule has 0 heterocycles. The highest BCUT2D eigenvalue weighted by Crippen LogP contribution is 2.26. The molecular formula is C12H16BrNO3. The average molecular weight is 302 g/mol. The summed E-state index contributed by atoms with van der Waals surface area (Å²) in [7, 11) is 3.26. The van der Waals surface area contributed by atoms with Gasteiger partial charge in [0.2, 0.25) is 0 Å². The highest BCUT2D eigenvalue weighted by atomic mass is 79.9. The zero-order chi connectivity index (χ0) is 12.7. The second-order valence-corrected chi connectivity index (χ2v) is 4.32. The predicted molar refractivity (Wildman–Crippen MR) is 69.0 cm³/mol. The summed E-state index contributed by atoms with van der Waals surface area (Å²) in [5.74, 6) is 0.460. The molecule has 0 fully saturated rings. The molecule has 1 aromatic carbocycles. The van der Waals surface area contributed by atoms with E-state index in [4.69, 9.17) is 4.74 Å². The Labute approximate surface area is 109 Å². The van der Waals surface area contributed by atoms with Crippen LogP contribution in [0.2, 0.25) is 0 Å². The number of carbonyl (C=O) groups excluding carboxylic acids is 1. The molecule has 0 bridgehead atoms. The molecule has 17 heavy (non-hydrogen) atoms. The lowest BCUT2D eigenvalue weighted by atomic mass is 10.2. The van der Waals surface area contributed by atoms with E-state index in [-0.39, 0.29) is 12.4 Å². The van der Waals surface area contributed by atoms with Gasteiger partial charge in [-0.15, -0.1) is 0 Å². The van der Waals surface area contributed by atoms with Crippen molar-refractivity contribution in [2.24, 2.45) is 0 Å². The van der Waals surface area contributed by atoms with E-state index in [1.807, 2.05) is 25.2 Å². The minimum absolute atomic E-state index is 0.251. The van der Waals surface area contributed by atoms with Crippen LogP contribution in [-0.2, 0) is 16.1 Å². The summed E-state index contributed by atoms with van der Waals surface area (Å²) >= 11 is 3.43. The van der Waals surface area contributed by atoms with Crippen molar-refractivity contribution >= 4 is 21.9 Å². The zero-order valence-electron chi connectivity index (χ0n) is 9.96. The SMILES string of the molecule is CNCc1ccc(OCCC(=O)OC)c(Br)c1. The summed E-state index contributed by atoms with van der Waals surface area (Å²) in [4.78, 5) is 10.9. The van der Waals surface area contributed by atoms with Gasteiger partial charge >= 0.3 is 5.97 Å². The van der Waals surface area contributed by atoms with Crippen LogP contribution in [0.3, 0.4) is 0 Å². The lowest BCUT2D eigenvalue weighted by Gasteiger charge is -2.09. The van der Waals surface area contributed by atoms with Gasteiger partial charge in [0.05, 0.1) is 24.6 Å². The number of carbonyl (C=O) groups is 1. The number of halogens is 1. The Morgan fingerprint density at radius 3 is 2.82 bits per heavy atom. The second kappa shape index (κ2) is 7.29. The Kier molecular flexibility index (Phi) is 6.00. The second-order valence-electron chi connectivity index (χ2n) is 3.47. The first-order valence-electron chi connectivity index (χ1n) is 5.30. The molecule has 1 aromatic rings. The van der Waals surface area contributed by atoms with E-state index in [0.717, 1.165) is 16.8 Å². The van der Waals surface area contributed by atoms with Gasteiger partial charge in [0.15, 0.2) is 0 Å². The van der Waals surface area contributed by atoms with Gasteiger partial charge < -0.3 is 14.8 Å². The largest absolute Gasteiger partial charge is 0.492 e.